The molecule has 0 atom stereocenters. The summed E-state index contributed by atoms with van der Waals surface area (Å²) in [7, 11) is 0. The highest BCUT2D eigenvalue weighted by Crippen LogP contribution is 2.40. The molecule has 0 aliphatic heterocycles. The average Bonchev–Trinajstić information content (AvgIpc) is 2.73. The van der Waals surface area contributed by atoms with Gasteiger partial charge in [-0.1, -0.05) is 5.16 Å². The molecule has 0 aromatic carbocycles. The van der Waals surface area contributed by atoms with Crippen LogP contribution in [0.4, 0.5) is 0 Å². The predicted molar refractivity (Wildman–Crippen MR) is 39.8 cm³/mol. The molecule has 4 heteroatoms. The van der Waals surface area contributed by atoms with Gasteiger partial charge in [-0.05, 0) is 12.8 Å². The topological polar surface area (TPSA) is 63.3 Å². The first kappa shape index (κ1) is 7.34. The molecule has 1 saturated carbocycles. The molecule has 1 fully saturated rings. The largest absolute Gasteiger partial charge is 0.481 e. The summed E-state index contributed by atoms with van der Waals surface area (Å²) in [6, 6.07) is 1.74. The van der Waals surface area contributed by atoms with Crippen molar-refractivity contribution >= 4 is 5.97 Å². The van der Waals surface area contributed by atoms with E-state index in [9.17, 15) is 4.79 Å². The number of rotatable bonds is 3. The number of carboxylic acids is 1. The minimum Gasteiger partial charge on any atom is -0.481 e. The zero-order valence-corrected chi connectivity index (χ0v) is 6.49. The van der Waals surface area contributed by atoms with Gasteiger partial charge in [0, 0.05) is 12.0 Å². The van der Waals surface area contributed by atoms with Gasteiger partial charge < -0.3 is 9.63 Å². The second kappa shape index (κ2) is 2.62. The Balaban J connectivity index is 2.07. The average molecular weight is 167 g/mol. The maximum atomic E-state index is 10.3. The SMILES string of the molecule is O=C(O)Cc1cc(C2CC2)on1. The monoisotopic (exact) mass is 167 g/mol. The first-order valence-corrected chi connectivity index (χ1v) is 3.93. The standard InChI is InChI=1S/C8H9NO3/c10-8(11)4-6-3-7(12-9-6)5-1-2-5/h3,5H,1-2,4H2,(H,10,11). The van der Waals surface area contributed by atoms with Gasteiger partial charge in [0.1, 0.15) is 5.76 Å². The fraction of sp³-hybridized carbons (Fsp3) is 0.500. The van der Waals surface area contributed by atoms with Gasteiger partial charge in [-0.15, -0.1) is 0 Å². The number of aliphatic carboxylic acids is 1. The zero-order chi connectivity index (χ0) is 8.55. The van der Waals surface area contributed by atoms with Crippen molar-refractivity contribution in [1.82, 2.24) is 5.16 Å². The summed E-state index contributed by atoms with van der Waals surface area (Å²) in [6.07, 6.45) is 2.24. The van der Waals surface area contributed by atoms with Crippen molar-refractivity contribution in [2.75, 3.05) is 0 Å². The Morgan fingerprint density at radius 1 is 1.75 bits per heavy atom. The van der Waals surface area contributed by atoms with Gasteiger partial charge in [-0.2, -0.15) is 0 Å². The summed E-state index contributed by atoms with van der Waals surface area (Å²) in [4.78, 5) is 10.3. The van der Waals surface area contributed by atoms with E-state index in [1.165, 1.54) is 0 Å². The van der Waals surface area contributed by atoms with E-state index in [0.717, 1.165) is 18.6 Å². The number of carboxylic acid groups (broad SMARTS) is 1. The number of hydrogen-bond donors (Lipinski definition) is 1. The molecule has 1 aliphatic carbocycles. The van der Waals surface area contributed by atoms with Crippen LogP contribution in [0.1, 0.15) is 30.2 Å². The molecule has 1 aromatic rings. The number of nitrogens with zero attached hydrogens (tertiary/aromatic N) is 1. The molecule has 1 heterocycles. The molecule has 1 N–H and O–H groups in total. The summed E-state index contributed by atoms with van der Waals surface area (Å²) in [5, 5.41) is 12.1. The predicted octanol–water partition coefficient (Wildman–Crippen LogP) is 1.18. The first-order valence-electron chi connectivity index (χ1n) is 3.93. The minimum atomic E-state index is -0.870. The molecule has 1 aliphatic rings. The third-order valence-electron chi connectivity index (χ3n) is 1.89. The highest BCUT2D eigenvalue weighted by Gasteiger charge is 2.27. The van der Waals surface area contributed by atoms with E-state index in [-0.39, 0.29) is 6.42 Å². The third kappa shape index (κ3) is 1.47. The van der Waals surface area contributed by atoms with Crippen molar-refractivity contribution in [1.29, 1.82) is 0 Å². The maximum Gasteiger partial charge on any atom is 0.309 e. The summed E-state index contributed by atoms with van der Waals surface area (Å²) < 4.78 is 4.98. The molecular formula is C8H9NO3. The van der Waals surface area contributed by atoms with Crippen LogP contribution < -0.4 is 0 Å². The van der Waals surface area contributed by atoms with Gasteiger partial charge in [0.25, 0.3) is 0 Å². The molecule has 0 bridgehead atoms. The lowest BCUT2D eigenvalue weighted by molar-refractivity contribution is -0.136. The fourth-order valence-corrected chi connectivity index (χ4v) is 1.13. The quantitative estimate of drug-likeness (QED) is 0.734. The molecule has 4 nitrogen and oxygen atoms in total. The van der Waals surface area contributed by atoms with Crippen LogP contribution in [-0.4, -0.2) is 16.2 Å². The lowest BCUT2D eigenvalue weighted by Gasteiger charge is -1.83. The minimum absolute atomic E-state index is 0.0454. The summed E-state index contributed by atoms with van der Waals surface area (Å²) >= 11 is 0. The zero-order valence-electron chi connectivity index (χ0n) is 6.49. The van der Waals surface area contributed by atoms with E-state index in [1.807, 2.05) is 0 Å². The number of carbonyl (C=O) groups is 1. The van der Waals surface area contributed by atoms with Crippen LogP contribution >= 0.6 is 0 Å². The summed E-state index contributed by atoms with van der Waals surface area (Å²) in [6.45, 7) is 0. The van der Waals surface area contributed by atoms with E-state index in [1.54, 1.807) is 6.07 Å². The first-order chi connectivity index (χ1) is 5.75. The van der Waals surface area contributed by atoms with Crippen LogP contribution in [0.5, 0.6) is 0 Å². The molecule has 64 valence electrons. The molecular weight excluding hydrogens is 158 g/mol. The van der Waals surface area contributed by atoms with Crippen LogP contribution in [0.15, 0.2) is 10.6 Å². The number of aromatic nitrogens is 1. The Bertz CT molecular complexity index is 301. The molecule has 0 radical (unpaired) electrons. The smallest absolute Gasteiger partial charge is 0.309 e. The van der Waals surface area contributed by atoms with E-state index in [4.69, 9.17) is 9.63 Å². The van der Waals surface area contributed by atoms with Crippen LogP contribution in [0.3, 0.4) is 0 Å². The maximum absolute atomic E-state index is 10.3. The van der Waals surface area contributed by atoms with Crippen molar-refractivity contribution < 1.29 is 14.4 Å². The molecule has 0 spiro atoms. The van der Waals surface area contributed by atoms with Crippen LogP contribution in [0.25, 0.3) is 0 Å². The Labute approximate surface area is 69.2 Å². The van der Waals surface area contributed by atoms with Crippen molar-refractivity contribution in [2.24, 2.45) is 0 Å². The summed E-state index contributed by atoms with van der Waals surface area (Å²) in [5.41, 5.74) is 0.518. The van der Waals surface area contributed by atoms with Crippen LogP contribution in [0, 0.1) is 0 Å². The van der Waals surface area contributed by atoms with Gasteiger partial charge in [0.05, 0.1) is 12.1 Å². The molecule has 0 saturated heterocycles. The van der Waals surface area contributed by atoms with Gasteiger partial charge >= 0.3 is 5.97 Å². The van der Waals surface area contributed by atoms with Gasteiger partial charge in [-0.3, -0.25) is 4.79 Å². The second-order valence-electron chi connectivity index (χ2n) is 3.07. The molecule has 0 unspecified atom stereocenters. The lowest BCUT2D eigenvalue weighted by Crippen LogP contribution is -1.99. The van der Waals surface area contributed by atoms with Crippen molar-refractivity contribution in [3.63, 3.8) is 0 Å². The highest BCUT2D eigenvalue weighted by atomic mass is 16.5. The Kier molecular flexibility index (Phi) is 1.60. The second-order valence-corrected chi connectivity index (χ2v) is 3.07. The van der Waals surface area contributed by atoms with E-state index >= 15 is 0 Å². The number of hydrogen-bond acceptors (Lipinski definition) is 3. The van der Waals surface area contributed by atoms with Crippen LogP contribution in [-0.2, 0) is 11.2 Å². The van der Waals surface area contributed by atoms with E-state index in [2.05, 4.69) is 5.16 Å². The van der Waals surface area contributed by atoms with Crippen molar-refractivity contribution in [3.05, 3.63) is 17.5 Å². The summed E-state index contributed by atoms with van der Waals surface area (Å²) in [5.74, 6) is 0.469. The van der Waals surface area contributed by atoms with Gasteiger partial charge in [0.2, 0.25) is 0 Å². The van der Waals surface area contributed by atoms with Crippen LogP contribution in [0.2, 0.25) is 0 Å². The normalized spacial score (nSPS) is 16.3. The third-order valence-corrected chi connectivity index (χ3v) is 1.89. The van der Waals surface area contributed by atoms with Crippen molar-refractivity contribution in [2.45, 2.75) is 25.2 Å². The van der Waals surface area contributed by atoms with Gasteiger partial charge in [-0.25, -0.2) is 0 Å². The Hall–Kier alpha value is -1.32. The Morgan fingerprint density at radius 3 is 3.08 bits per heavy atom. The lowest BCUT2D eigenvalue weighted by atomic mass is 10.2. The Morgan fingerprint density at radius 2 is 2.50 bits per heavy atom. The van der Waals surface area contributed by atoms with E-state index in [0.29, 0.717) is 11.6 Å². The molecule has 0 amide bonds. The van der Waals surface area contributed by atoms with Crippen molar-refractivity contribution in [3.8, 4) is 0 Å². The van der Waals surface area contributed by atoms with Gasteiger partial charge in [0.15, 0.2) is 0 Å². The molecule has 1 aromatic heterocycles. The molecule has 2 rings (SSSR count). The highest BCUT2D eigenvalue weighted by molar-refractivity contribution is 5.69. The van der Waals surface area contributed by atoms with E-state index < -0.39 is 5.97 Å². The fourth-order valence-electron chi connectivity index (χ4n) is 1.13. The molecule has 12 heavy (non-hydrogen) atoms.